The number of rotatable bonds is 8. The van der Waals surface area contributed by atoms with Crippen LogP contribution in [0.5, 0.6) is 0 Å². The molecule has 0 amide bonds. The maximum Gasteiger partial charge on any atom is 0.245 e. The molecule has 29 heavy (non-hydrogen) atoms. The van der Waals surface area contributed by atoms with Gasteiger partial charge in [0, 0.05) is 13.0 Å². The van der Waals surface area contributed by atoms with Gasteiger partial charge < -0.3 is 4.52 Å². The molecule has 1 fully saturated rings. The van der Waals surface area contributed by atoms with Gasteiger partial charge in [0.05, 0.1) is 5.75 Å². The minimum absolute atomic E-state index is 0.0115. The highest BCUT2D eigenvalue weighted by molar-refractivity contribution is 7.88. The molecule has 4 rings (SSSR count). The van der Waals surface area contributed by atoms with E-state index in [4.69, 9.17) is 4.52 Å². The zero-order valence-electron chi connectivity index (χ0n) is 16.3. The van der Waals surface area contributed by atoms with E-state index >= 15 is 0 Å². The molecule has 0 radical (unpaired) electrons. The van der Waals surface area contributed by atoms with E-state index in [1.165, 1.54) is 9.87 Å². The van der Waals surface area contributed by atoms with Crippen molar-refractivity contribution in [1.82, 2.24) is 14.4 Å². The summed E-state index contributed by atoms with van der Waals surface area (Å²) in [4.78, 5) is 4.51. The van der Waals surface area contributed by atoms with Crippen LogP contribution in [0.15, 0.2) is 65.2 Å². The molecule has 1 aliphatic heterocycles. The van der Waals surface area contributed by atoms with E-state index in [-0.39, 0.29) is 11.8 Å². The maximum absolute atomic E-state index is 13.0. The van der Waals surface area contributed by atoms with Gasteiger partial charge in [0.25, 0.3) is 0 Å². The lowest BCUT2D eigenvalue weighted by atomic mass is 10.1. The molecule has 3 aromatic rings. The molecule has 6 nitrogen and oxygen atoms in total. The highest BCUT2D eigenvalue weighted by atomic mass is 32.2. The number of hydrogen-bond acceptors (Lipinski definition) is 5. The van der Waals surface area contributed by atoms with Gasteiger partial charge >= 0.3 is 0 Å². The standard InChI is InChI=1S/C22H25N3O3S/c26-29(27,17-19-11-5-2-6-12-19)25-16-8-14-20(25)22-23-21(24-28-22)15-7-13-18-9-3-1-4-10-18/h1-6,9-12,20H,7-8,13-17H2/t20-/m0/s1. The minimum Gasteiger partial charge on any atom is -0.338 e. The van der Waals surface area contributed by atoms with Gasteiger partial charge in [-0.05, 0) is 36.8 Å². The Morgan fingerprint density at radius 1 is 0.966 bits per heavy atom. The molecule has 2 aromatic carbocycles. The second-order valence-corrected chi connectivity index (χ2v) is 9.32. The average molecular weight is 412 g/mol. The Bertz CT molecular complexity index is 1020. The molecule has 0 unspecified atom stereocenters. The third kappa shape index (κ3) is 4.92. The molecule has 1 aromatic heterocycles. The van der Waals surface area contributed by atoms with Crippen LogP contribution in [0.3, 0.4) is 0 Å². The molecule has 2 heterocycles. The first kappa shape index (κ1) is 19.8. The lowest BCUT2D eigenvalue weighted by Gasteiger charge is -2.21. The summed E-state index contributed by atoms with van der Waals surface area (Å²) in [5, 5.41) is 4.08. The van der Waals surface area contributed by atoms with E-state index in [2.05, 4.69) is 22.3 Å². The minimum atomic E-state index is -3.45. The number of benzene rings is 2. The molecule has 0 N–H and O–H groups in total. The first-order valence-electron chi connectivity index (χ1n) is 10.0. The van der Waals surface area contributed by atoms with Crippen molar-refractivity contribution < 1.29 is 12.9 Å². The summed E-state index contributed by atoms with van der Waals surface area (Å²) < 4.78 is 32.9. The molecule has 0 spiro atoms. The highest BCUT2D eigenvalue weighted by Gasteiger charge is 2.38. The highest BCUT2D eigenvalue weighted by Crippen LogP contribution is 2.34. The Balaban J connectivity index is 1.40. The van der Waals surface area contributed by atoms with Crippen molar-refractivity contribution in [2.45, 2.75) is 43.9 Å². The molecule has 0 bridgehead atoms. The van der Waals surface area contributed by atoms with Crippen molar-refractivity contribution >= 4 is 10.0 Å². The average Bonchev–Trinajstić information content (AvgIpc) is 3.39. The van der Waals surface area contributed by atoms with Gasteiger partial charge in [-0.15, -0.1) is 0 Å². The van der Waals surface area contributed by atoms with Crippen LogP contribution in [-0.2, 0) is 28.6 Å². The van der Waals surface area contributed by atoms with Crippen LogP contribution in [0.1, 0.15) is 48.1 Å². The lowest BCUT2D eigenvalue weighted by Crippen LogP contribution is -2.31. The van der Waals surface area contributed by atoms with Crippen LogP contribution in [0.4, 0.5) is 0 Å². The van der Waals surface area contributed by atoms with Crippen LogP contribution < -0.4 is 0 Å². The quantitative estimate of drug-likeness (QED) is 0.562. The second-order valence-electron chi connectivity index (χ2n) is 7.40. The molecule has 1 aliphatic rings. The molecule has 1 atom stereocenters. The Morgan fingerprint density at radius 3 is 2.38 bits per heavy atom. The summed E-state index contributed by atoms with van der Waals surface area (Å²) in [6.07, 6.45) is 4.08. The number of sulfonamides is 1. The number of aromatic nitrogens is 2. The predicted octanol–water partition coefficient (Wildman–Crippen LogP) is 3.91. The summed E-state index contributed by atoms with van der Waals surface area (Å²) in [6.45, 7) is 0.492. The number of aryl methyl sites for hydroxylation is 2. The fourth-order valence-corrected chi connectivity index (χ4v) is 5.56. The van der Waals surface area contributed by atoms with Crippen molar-refractivity contribution in [3.05, 3.63) is 83.5 Å². The fraction of sp³-hybridized carbons (Fsp3) is 0.364. The van der Waals surface area contributed by atoms with Gasteiger partial charge in [0.15, 0.2) is 5.82 Å². The fourth-order valence-electron chi connectivity index (χ4n) is 3.79. The third-order valence-electron chi connectivity index (χ3n) is 5.23. The van der Waals surface area contributed by atoms with E-state index in [0.29, 0.717) is 31.1 Å². The molecule has 0 aliphatic carbocycles. The van der Waals surface area contributed by atoms with Gasteiger partial charge in [-0.1, -0.05) is 65.8 Å². The number of nitrogens with zero attached hydrogens (tertiary/aromatic N) is 3. The second kappa shape index (κ2) is 8.88. The molecule has 0 saturated carbocycles. The van der Waals surface area contributed by atoms with Gasteiger partial charge in [-0.2, -0.15) is 9.29 Å². The smallest absolute Gasteiger partial charge is 0.245 e. The molecule has 7 heteroatoms. The van der Waals surface area contributed by atoms with Crippen molar-refractivity contribution in [2.24, 2.45) is 0 Å². The normalized spacial score (nSPS) is 17.6. The molecule has 152 valence electrons. The summed E-state index contributed by atoms with van der Waals surface area (Å²) in [6, 6.07) is 19.2. The van der Waals surface area contributed by atoms with Crippen LogP contribution in [0.25, 0.3) is 0 Å². The Kier molecular flexibility index (Phi) is 6.06. The van der Waals surface area contributed by atoms with E-state index in [1.807, 2.05) is 48.5 Å². The van der Waals surface area contributed by atoms with Crippen LogP contribution in [0.2, 0.25) is 0 Å². The van der Waals surface area contributed by atoms with Crippen LogP contribution in [-0.4, -0.2) is 29.4 Å². The van der Waals surface area contributed by atoms with Gasteiger partial charge in [0.2, 0.25) is 15.9 Å². The largest absolute Gasteiger partial charge is 0.338 e. The van der Waals surface area contributed by atoms with Crippen LogP contribution in [0, 0.1) is 0 Å². The molecular formula is C22H25N3O3S. The van der Waals surface area contributed by atoms with Crippen LogP contribution >= 0.6 is 0 Å². The van der Waals surface area contributed by atoms with Crippen molar-refractivity contribution in [3.63, 3.8) is 0 Å². The topological polar surface area (TPSA) is 76.3 Å². The van der Waals surface area contributed by atoms with Gasteiger partial charge in [-0.25, -0.2) is 8.42 Å². The van der Waals surface area contributed by atoms with Gasteiger partial charge in [0.1, 0.15) is 6.04 Å². The van der Waals surface area contributed by atoms with Crippen molar-refractivity contribution in [1.29, 1.82) is 0 Å². The van der Waals surface area contributed by atoms with E-state index < -0.39 is 10.0 Å². The summed E-state index contributed by atoms with van der Waals surface area (Å²) in [7, 11) is -3.45. The maximum atomic E-state index is 13.0. The van der Waals surface area contributed by atoms with E-state index in [9.17, 15) is 8.42 Å². The van der Waals surface area contributed by atoms with Gasteiger partial charge in [-0.3, -0.25) is 0 Å². The summed E-state index contributed by atoms with van der Waals surface area (Å²) >= 11 is 0. The van der Waals surface area contributed by atoms with E-state index in [1.54, 1.807) is 0 Å². The molecular weight excluding hydrogens is 386 g/mol. The number of hydrogen-bond donors (Lipinski definition) is 0. The predicted molar refractivity (Wildman–Crippen MR) is 111 cm³/mol. The zero-order chi connectivity index (χ0) is 20.1. The first-order chi connectivity index (χ1) is 14.1. The summed E-state index contributed by atoms with van der Waals surface area (Å²) in [5.74, 6) is 1.04. The first-order valence-corrected chi connectivity index (χ1v) is 11.6. The van der Waals surface area contributed by atoms with E-state index in [0.717, 1.165) is 24.8 Å². The monoisotopic (exact) mass is 411 g/mol. The Hall–Kier alpha value is -2.51. The Labute approximate surface area is 171 Å². The van der Waals surface area contributed by atoms with Crippen molar-refractivity contribution in [3.8, 4) is 0 Å². The Morgan fingerprint density at radius 2 is 1.66 bits per heavy atom. The zero-order valence-corrected chi connectivity index (χ0v) is 17.1. The SMILES string of the molecule is O=S(=O)(Cc1ccccc1)N1CCC[C@H]1c1nc(CCCc2ccccc2)no1. The molecule has 1 saturated heterocycles. The van der Waals surface area contributed by atoms with Crippen molar-refractivity contribution in [2.75, 3.05) is 6.54 Å². The lowest BCUT2D eigenvalue weighted by molar-refractivity contribution is 0.289. The summed E-state index contributed by atoms with van der Waals surface area (Å²) in [5.41, 5.74) is 2.07. The third-order valence-corrected chi connectivity index (χ3v) is 7.08.